The largest absolute Gasteiger partial charge is 0.368 e. The van der Waals surface area contributed by atoms with Crippen LogP contribution < -0.4 is 10.2 Å². The zero-order chi connectivity index (χ0) is 14.8. The lowest BCUT2D eigenvalue weighted by atomic mass is 10.1. The number of benzene rings is 2. The molecule has 3 aromatic rings. The second-order valence-corrected chi connectivity index (χ2v) is 5.88. The SMILES string of the molecule is c1ccc(Cn2ccc3c(N4CCNCC4)cccc32)cc1. The Labute approximate surface area is 131 Å². The minimum atomic E-state index is 0.926. The molecule has 1 aromatic heterocycles. The molecule has 1 aliphatic rings. The molecule has 0 saturated carbocycles. The van der Waals surface area contributed by atoms with Crippen molar-refractivity contribution in [3.63, 3.8) is 0 Å². The maximum absolute atomic E-state index is 3.42. The van der Waals surface area contributed by atoms with E-state index in [0.29, 0.717) is 0 Å². The first-order valence-electron chi connectivity index (χ1n) is 7.99. The second kappa shape index (κ2) is 5.85. The highest BCUT2D eigenvalue weighted by Crippen LogP contribution is 2.28. The van der Waals surface area contributed by atoms with E-state index in [1.807, 2.05) is 0 Å². The van der Waals surface area contributed by atoms with Gasteiger partial charge < -0.3 is 14.8 Å². The van der Waals surface area contributed by atoms with Crippen LogP contribution >= 0.6 is 0 Å². The van der Waals surface area contributed by atoms with Crippen molar-refractivity contribution in [2.45, 2.75) is 6.54 Å². The minimum Gasteiger partial charge on any atom is -0.368 e. The van der Waals surface area contributed by atoms with Gasteiger partial charge in [-0.2, -0.15) is 0 Å². The molecule has 2 heterocycles. The molecule has 1 fully saturated rings. The van der Waals surface area contributed by atoms with Gasteiger partial charge in [-0.25, -0.2) is 0 Å². The first-order valence-corrected chi connectivity index (χ1v) is 7.99. The van der Waals surface area contributed by atoms with Gasteiger partial charge in [0, 0.05) is 50.0 Å². The van der Waals surface area contributed by atoms with Gasteiger partial charge >= 0.3 is 0 Å². The monoisotopic (exact) mass is 291 g/mol. The first-order chi connectivity index (χ1) is 10.9. The van der Waals surface area contributed by atoms with Crippen LogP contribution in [0.4, 0.5) is 5.69 Å². The number of anilines is 1. The average Bonchev–Trinajstić information content (AvgIpc) is 3.00. The fourth-order valence-electron chi connectivity index (χ4n) is 3.31. The lowest BCUT2D eigenvalue weighted by Crippen LogP contribution is -2.43. The Kier molecular flexibility index (Phi) is 3.57. The lowest BCUT2D eigenvalue weighted by molar-refractivity contribution is 0.590. The minimum absolute atomic E-state index is 0.926. The van der Waals surface area contributed by atoms with Gasteiger partial charge in [0.25, 0.3) is 0 Å². The summed E-state index contributed by atoms with van der Waals surface area (Å²) < 4.78 is 2.34. The molecule has 22 heavy (non-hydrogen) atoms. The van der Waals surface area contributed by atoms with Crippen molar-refractivity contribution < 1.29 is 0 Å². The highest BCUT2D eigenvalue weighted by atomic mass is 15.2. The zero-order valence-corrected chi connectivity index (χ0v) is 12.7. The fraction of sp³-hybridized carbons (Fsp3) is 0.263. The summed E-state index contributed by atoms with van der Waals surface area (Å²) in [7, 11) is 0. The van der Waals surface area contributed by atoms with Gasteiger partial charge in [-0.05, 0) is 23.8 Å². The first kappa shape index (κ1) is 13.4. The Balaban J connectivity index is 1.70. The maximum Gasteiger partial charge on any atom is 0.0504 e. The third-order valence-electron chi connectivity index (χ3n) is 4.44. The van der Waals surface area contributed by atoms with Gasteiger partial charge in [0.2, 0.25) is 0 Å². The van der Waals surface area contributed by atoms with E-state index in [9.17, 15) is 0 Å². The van der Waals surface area contributed by atoms with Gasteiger partial charge in [-0.15, -0.1) is 0 Å². The van der Waals surface area contributed by atoms with E-state index >= 15 is 0 Å². The third-order valence-corrected chi connectivity index (χ3v) is 4.44. The van der Waals surface area contributed by atoms with Crippen LogP contribution in [0, 0.1) is 0 Å². The van der Waals surface area contributed by atoms with Crippen LogP contribution in [0.1, 0.15) is 5.56 Å². The van der Waals surface area contributed by atoms with Crippen molar-refractivity contribution in [2.75, 3.05) is 31.1 Å². The molecule has 0 radical (unpaired) electrons. The van der Waals surface area contributed by atoms with E-state index in [-0.39, 0.29) is 0 Å². The highest BCUT2D eigenvalue weighted by molar-refractivity contribution is 5.93. The molecule has 3 heteroatoms. The van der Waals surface area contributed by atoms with Crippen molar-refractivity contribution in [3.05, 3.63) is 66.4 Å². The maximum atomic E-state index is 3.42. The van der Waals surface area contributed by atoms with E-state index in [1.54, 1.807) is 0 Å². The van der Waals surface area contributed by atoms with Crippen LogP contribution in [0.5, 0.6) is 0 Å². The molecule has 112 valence electrons. The van der Waals surface area contributed by atoms with Gasteiger partial charge in [-0.1, -0.05) is 36.4 Å². The molecule has 0 atom stereocenters. The summed E-state index contributed by atoms with van der Waals surface area (Å²) in [6.45, 7) is 5.24. The number of hydrogen-bond donors (Lipinski definition) is 1. The Morgan fingerprint density at radius 3 is 2.50 bits per heavy atom. The van der Waals surface area contributed by atoms with Crippen molar-refractivity contribution in [3.8, 4) is 0 Å². The van der Waals surface area contributed by atoms with Crippen LogP contribution in [0.2, 0.25) is 0 Å². The summed E-state index contributed by atoms with van der Waals surface area (Å²) in [5.41, 5.74) is 4.03. The molecule has 1 N–H and O–H groups in total. The third kappa shape index (κ3) is 2.48. The van der Waals surface area contributed by atoms with Crippen LogP contribution in [-0.2, 0) is 6.54 Å². The fourth-order valence-corrected chi connectivity index (χ4v) is 3.31. The second-order valence-electron chi connectivity index (χ2n) is 5.88. The smallest absolute Gasteiger partial charge is 0.0504 e. The van der Waals surface area contributed by atoms with E-state index in [1.165, 1.54) is 22.2 Å². The van der Waals surface area contributed by atoms with Gasteiger partial charge in [0.1, 0.15) is 0 Å². The van der Waals surface area contributed by atoms with Crippen LogP contribution in [-0.4, -0.2) is 30.7 Å². The summed E-state index contributed by atoms with van der Waals surface area (Å²) in [6.07, 6.45) is 2.21. The quantitative estimate of drug-likeness (QED) is 0.800. The van der Waals surface area contributed by atoms with Crippen molar-refractivity contribution in [2.24, 2.45) is 0 Å². The number of nitrogens with one attached hydrogen (secondary N) is 1. The summed E-state index contributed by atoms with van der Waals surface area (Å²) in [5, 5.41) is 4.78. The van der Waals surface area contributed by atoms with Crippen molar-refractivity contribution in [1.82, 2.24) is 9.88 Å². The highest BCUT2D eigenvalue weighted by Gasteiger charge is 2.14. The van der Waals surface area contributed by atoms with Crippen molar-refractivity contribution >= 4 is 16.6 Å². The molecule has 0 bridgehead atoms. The number of aromatic nitrogens is 1. The number of rotatable bonds is 3. The molecule has 0 spiro atoms. The predicted octanol–water partition coefficient (Wildman–Crippen LogP) is 3.10. The topological polar surface area (TPSA) is 20.2 Å². The van der Waals surface area contributed by atoms with E-state index in [0.717, 1.165) is 32.7 Å². The zero-order valence-electron chi connectivity index (χ0n) is 12.7. The van der Waals surface area contributed by atoms with Gasteiger partial charge in [-0.3, -0.25) is 0 Å². The van der Waals surface area contributed by atoms with Crippen LogP contribution in [0.25, 0.3) is 10.9 Å². The molecular weight excluding hydrogens is 270 g/mol. The molecule has 0 aliphatic carbocycles. The molecule has 0 amide bonds. The van der Waals surface area contributed by atoms with Gasteiger partial charge in [0.15, 0.2) is 0 Å². The molecule has 1 saturated heterocycles. The Hall–Kier alpha value is -2.26. The summed E-state index contributed by atoms with van der Waals surface area (Å²) in [5.74, 6) is 0. The number of piperazine rings is 1. The summed E-state index contributed by atoms with van der Waals surface area (Å²) >= 11 is 0. The molecule has 3 nitrogen and oxygen atoms in total. The summed E-state index contributed by atoms with van der Waals surface area (Å²) in [6, 6.07) is 19.6. The lowest BCUT2D eigenvalue weighted by Gasteiger charge is -2.30. The molecule has 0 unspecified atom stereocenters. The standard InChI is InChI=1S/C19H21N3/c1-2-5-16(6-3-1)15-22-12-9-17-18(7-4-8-19(17)22)21-13-10-20-11-14-21/h1-9,12,20H,10-11,13-15H2. The van der Waals surface area contributed by atoms with E-state index in [4.69, 9.17) is 0 Å². The normalized spacial score (nSPS) is 15.4. The van der Waals surface area contributed by atoms with Crippen LogP contribution in [0.15, 0.2) is 60.8 Å². The van der Waals surface area contributed by atoms with Gasteiger partial charge in [0.05, 0.1) is 5.52 Å². The van der Waals surface area contributed by atoms with E-state index < -0.39 is 0 Å². The predicted molar refractivity (Wildman–Crippen MR) is 92.6 cm³/mol. The number of fused-ring (bicyclic) bond motifs is 1. The van der Waals surface area contributed by atoms with E-state index in [2.05, 4.69) is 75.6 Å². The Bertz CT molecular complexity index is 755. The average molecular weight is 291 g/mol. The molecule has 1 aliphatic heterocycles. The molecular formula is C19H21N3. The molecule has 2 aromatic carbocycles. The Morgan fingerprint density at radius 2 is 1.68 bits per heavy atom. The summed E-state index contributed by atoms with van der Waals surface area (Å²) in [4.78, 5) is 2.49. The molecule has 4 rings (SSSR count). The van der Waals surface area contributed by atoms with Crippen LogP contribution in [0.3, 0.4) is 0 Å². The Morgan fingerprint density at radius 1 is 0.864 bits per heavy atom. The van der Waals surface area contributed by atoms with Crippen molar-refractivity contribution in [1.29, 1.82) is 0 Å². The number of nitrogens with zero attached hydrogens (tertiary/aromatic N) is 2. The number of hydrogen-bond acceptors (Lipinski definition) is 2.